The van der Waals surface area contributed by atoms with E-state index in [1.54, 1.807) is 25.1 Å². The molecule has 3 aromatic carbocycles. The van der Waals surface area contributed by atoms with Crippen LogP contribution >= 0.6 is 0 Å². The van der Waals surface area contributed by atoms with Crippen LogP contribution in [0.3, 0.4) is 0 Å². The Balaban J connectivity index is 0.780. The van der Waals surface area contributed by atoms with Crippen molar-refractivity contribution in [1.29, 1.82) is 5.26 Å². The minimum absolute atomic E-state index is 0.00664. The number of halogens is 1. The molecule has 9 rings (SSSR count). The van der Waals surface area contributed by atoms with Crippen LogP contribution in [0.4, 0.5) is 10.1 Å². The van der Waals surface area contributed by atoms with Crippen LogP contribution < -0.4 is 15.0 Å². The van der Waals surface area contributed by atoms with Crippen molar-refractivity contribution in [2.45, 2.75) is 91.1 Å². The second-order valence-corrected chi connectivity index (χ2v) is 18.3. The molecule has 4 fully saturated rings. The van der Waals surface area contributed by atoms with Crippen LogP contribution in [0.1, 0.15) is 107 Å². The molecule has 1 saturated carbocycles. The Morgan fingerprint density at radius 2 is 1.55 bits per heavy atom. The molecule has 3 aromatic rings. The average molecular weight is 811 g/mol. The van der Waals surface area contributed by atoms with Crippen molar-refractivity contribution in [3.63, 3.8) is 0 Å². The van der Waals surface area contributed by atoms with Crippen LogP contribution in [-0.4, -0.2) is 94.6 Å². The lowest BCUT2D eigenvalue weighted by atomic mass is 9.49. The van der Waals surface area contributed by atoms with Crippen LogP contribution in [0.25, 0.3) is 0 Å². The zero-order chi connectivity index (χ0) is 42.4. The van der Waals surface area contributed by atoms with E-state index in [-0.39, 0.29) is 47.9 Å². The van der Waals surface area contributed by atoms with Gasteiger partial charge in [-0.15, -0.1) is 0 Å². The Labute approximate surface area is 348 Å². The fraction of sp³-hybridized carbons (Fsp3) is 0.447. The van der Waals surface area contributed by atoms with Crippen LogP contribution in [0.15, 0.2) is 48.5 Å². The SMILES string of the molecule is Cc1c(O[C@H]2C(C)(C)[C@H](N3Cc4cc(C#CC5CCN(C6CN(c7ccc8c(c7)C(=O)N(C7CCC(=O)NC7=O)C8=O)C6)CC5)ccc4C3=O)C2(C)C)ccc(C#N)c1F. The lowest BCUT2D eigenvalue weighted by molar-refractivity contribution is -0.199. The number of fused-ring (bicyclic) bond motifs is 2. The first-order valence-corrected chi connectivity index (χ1v) is 20.7. The number of hydrogen-bond acceptors (Lipinski definition) is 9. The number of carbonyl (C=O) groups is 5. The van der Waals surface area contributed by atoms with Gasteiger partial charge in [-0.3, -0.25) is 39.1 Å². The number of nitrogens with one attached hydrogen (secondary N) is 1. The molecule has 5 heterocycles. The molecule has 1 atom stereocenters. The molecule has 0 radical (unpaired) electrons. The van der Waals surface area contributed by atoms with Gasteiger partial charge in [-0.1, -0.05) is 39.5 Å². The predicted octanol–water partition coefficient (Wildman–Crippen LogP) is 5.20. The van der Waals surface area contributed by atoms with Crippen molar-refractivity contribution in [2.24, 2.45) is 16.7 Å². The summed E-state index contributed by atoms with van der Waals surface area (Å²) in [6.07, 6.45) is 1.82. The van der Waals surface area contributed by atoms with Gasteiger partial charge in [-0.05, 0) is 93.4 Å². The molecule has 308 valence electrons. The third-order valence-corrected chi connectivity index (χ3v) is 13.8. The van der Waals surface area contributed by atoms with Gasteiger partial charge in [0.25, 0.3) is 17.7 Å². The molecule has 1 N–H and O–H groups in total. The molecular weight excluding hydrogens is 764 g/mol. The molecule has 5 amide bonds. The summed E-state index contributed by atoms with van der Waals surface area (Å²) >= 11 is 0. The zero-order valence-corrected chi connectivity index (χ0v) is 34.4. The summed E-state index contributed by atoms with van der Waals surface area (Å²) in [4.78, 5) is 72.0. The normalized spacial score (nSPS) is 24.9. The van der Waals surface area contributed by atoms with Crippen molar-refractivity contribution in [1.82, 2.24) is 20.0 Å². The second-order valence-electron chi connectivity index (χ2n) is 18.3. The molecule has 6 aliphatic rings. The molecule has 0 aromatic heterocycles. The highest BCUT2D eigenvalue weighted by atomic mass is 19.1. The standard InChI is InChI=1S/C47H47FN6O6/c1-26-37(14-9-29(22-49)39(26)48)60-45-46(2,3)44(47(45,4)5)53-23-30-20-28(8-11-33(30)41(53)57)7-6-27-16-18-51(19-17-27)32-24-52(25-32)31-10-12-34-35(21-31)43(59)54(42(34)58)36-13-15-38(55)50-40(36)56/h8-12,14,20-21,27,32,36,44-45H,13,15-19,23-25H2,1-5H3,(H,50,55,56)/t36?,44-,45-. The maximum atomic E-state index is 14.8. The summed E-state index contributed by atoms with van der Waals surface area (Å²) in [5.74, 6) is 4.98. The Morgan fingerprint density at radius 1 is 0.850 bits per heavy atom. The van der Waals surface area contributed by atoms with E-state index in [4.69, 9.17) is 4.74 Å². The van der Waals surface area contributed by atoms with Crippen molar-refractivity contribution < 1.29 is 33.1 Å². The third-order valence-electron chi connectivity index (χ3n) is 13.8. The predicted molar refractivity (Wildman–Crippen MR) is 218 cm³/mol. The fourth-order valence-electron chi connectivity index (χ4n) is 11.0. The lowest BCUT2D eigenvalue weighted by Crippen LogP contribution is -2.74. The molecular formula is C47H47FN6O6. The number of nitrogens with zero attached hydrogens (tertiary/aromatic N) is 5. The van der Waals surface area contributed by atoms with Crippen molar-refractivity contribution >= 4 is 35.2 Å². The summed E-state index contributed by atoms with van der Waals surface area (Å²) in [6.45, 7) is 13.9. The molecule has 12 nitrogen and oxygen atoms in total. The number of amides is 5. The van der Waals surface area contributed by atoms with Crippen molar-refractivity contribution in [3.8, 4) is 23.7 Å². The minimum Gasteiger partial charge on any atom is -0.489 e. The average Bonchev–Trinajstić information content (AvgIpc) is 3.64. The molecule has 0 spiro atoms. The van der Waals surface area contributed by atoms with E-state index in [0.717, 1.165) is 60.7 Å². The summed E-state index contributed by atoms with van der Waals surface area (Å²) in [7, 11) is 0. The first kappa shape index (κ1) is 39.4. The zero-order valence-electron chi connectivity index (χ0n) is 34.4. The van der Waals surface area contributed by atoms with Gasteiger partial charge in [0.2, 0.25) is 11.8 Å². The number of nitriles is 1. The smallest absolute Gasteiger partial charge is 0.262 e. The lowest BCUT2D eigenvalue weighted by Gasteiger charge is -2.65. The highest BCUT2D eigenvalue weighted by Gasteiger charge is 2.67. The van der Waals surface area contributed by atoms with E-state index in [2.05, 4.69) is 54.7 Å². The van der Waals surface area contributed by atoms with E-state index in [0.29, 0.717) is 35.0 Å². The number of rotatable bonds is 6. The van der Waals surface area contributed by atoms with E-state index in [9.17, 15) is 33.6 Å². The van der Waals surface area contributed by atoms with Gasteiger partial charge < -0.3 is 14.5 Å². The van der Waals surface area contributed by atoms with E-state index in [1.165, 1.54) is 6.07 Å². The largest absolute Gasteiger partial charge is 0.489 e. The molecule has 1 aliphatic carbocycles. The van der Waals surface area contributed by atoms with E-state index < -0.39 is 46.3 Å². The number of piperidine rings is 2. The molecule has 5 aliphatic heterocycles. The Morgan fingerprint density at radius 3 is 2.25 bits per heavy atom. The molecule has 0 bridgehead atoms. The number of likely N-dealkylation sites (tertiary alicyclic amines) is 1. The van der Waals surface area contributed by atoms with Gasteiger partial charge in [0.1, 0.15) is 29.8 Å². The fourth-order valence-corrected chi connectivity index (χ4v) is 11.0. The maximum absolute atomic E-state index is 14.8. The van der Waals surface area contributed by atoms with Crippen LogP contribution in [0.2, 0.25) is 0 Å². The van der Waals surface area contributed by atoms with Gasteiger partial charge >= 0.3 is 0 Å². The first-order valence-electron chi connectivity index (χ1n) is 20.7. The van der Waals surface area contributed by atoms with Gasteiger partial charge in [0, 0.05) is 77.3 Å². The first-order chi connectivity index (χ1) is 28.6. The molecule has 3 saturated heterocycles. The van der Waals surface area contributed by atoms with Crippen LogP contribution in [0, 0.1) is 52.7 Å². The molecule has 60 heavy (non-hydrogen) atoms. The topological polar surface area (TPSA) is 143 Å². The van der Waals surface area contributed by atoms with Crippen molar-refractivity contribution in [2.75, 3.05) is 31.1 Å². The van der Waals surface area contributed by atoms with Gasteiger partial charge in [0.15, 0.2) is 0 Å². The number of imide groups is 2. The number of benzene rings is 3. The summed E-state index contributed by atoms with van der Waals surface area (Å²) in [6, 6.07) is 15.4. The summed E-state index contributed by atoms with van der Waals surface area (Å²) in [5.41, 5.74) is 3.40. The Bertz CT molecular complexity index is 2480. The van der Waals surface area contributed by atoms with E-state index in [1.807, 2.05) is 35.2 Å². The molecule has 13 heteroatoms. The van der Waals surface area contributed by atoms with Crippen molar-refractivity contribution in [3.05, 3.63) is 93.3 Å². The quantitative estimate of drug-likeness (QED) is 0.263. The van der Waals surface area contributed by atoms with Gasteiger partial charge in [0.05, 0.1) is 16.7 Å². The van der Waals surface area contributed by atoms with Crippen LogP contribution in [-0.2, 0) is 16.1 Å². The number of carbonyl (C=O) groups excluding carboxylic acids is 5. The Hall–Kier alpha value is -6.05. The highest BCUT2D eigenvalue weighted by molar-refractivity contribution is 6.23. The van der Waals surface area contributed by atoms with Crippen LogP contribution in [0.5, 0.6) is 5.75 Å². The minimum atomic E-state index is -0.984. The van der Waals surface area contributed by atoms with Gasteiger partial charge in [-0.25, -0.2) is 4.39 Å². The van der Waals surface area contributed by atoms with E-state index >= 15 is 0 Å². The number of hydrogen-bond donors (Lipinski definition) is 1. The number of ether oxygens (including phenoxy) is 1. The number of anilines is 1. The van der Waals surface area contributed by atoms with Gasteiger partial charge in [-0.2, -0.15) is 5.26 Å². The Kier molecular flexibility index (Phi) is 9.40. The summed E-state index contributed by atoms with van der Waals surface area (Å²) in [5, 5.41) is 11.5. The molecule has 1 unspecified atom stereocenters. The highest BCUT2D eigenvalue weighted by Crippen LogP contribution is 2.59. The maximum Gasteiger partial charge on any atom is 0.262 e. The second kappa shape index (κ2) is 14.3. The summed E-state index contributed by atoms with van der Waals surface area (Å²) < 4.78 is 21.2. The monoisotopic (exact) mass is 810 g/mol. The third kappa shape index (κ3) is 6.25.